The number of benzene rings is 1. The molecule has 3 fully saturated rings. The molecule has 1 aromatic carbocycles. The highest BCUT2D eigenvalue weighted by Gasteiger charge is 2.39. The maximum Gasteiger partial charge on any atom is 0.231 e. The lowest BCUT2D eigenvalue weighted by molar-refractivity contribution is 0.0455. The summed E-state index contributed by atoms with van der Waals surface area (Å²) in [5, 5.41) is 3.57. The lowest BCUT2D eigenvalue weighted by Crippen LogP contribution is -2.59. The van der Waals surface area contributed by atoms with Crippen molar-refractivity contribution in [3.05, 3.63) is 30.6 Å². The largest absolute Gasteiger partial charge is 0.454 e. The lowest BCUT2D eigenvalue weighted by atomic mass is 9.79. The van der Waals surface area contributed by atoms with E-state index in [2.05, 4.69) is 27.1 Å². The molecule has 0 radical (unpaired) electrons. The highest BCUT2D eigenvalue weighted by molar-refractivity contribution is 5.66. The van der Waals surface area contributed by atoms with E-state index < -0.39 is 0 Å². The molecule has 1 N–H and O–H groups in total. The van der Waals surface area contributed by atoms with Gasteiger partial charge in [-0.2, -0.15) is 0 Å². The third-order valence-corrected chi connectivity index (χ3v) is 5.83. The Balaban J connectivity index is 1.33. The fourth-order valence-corrected chi connectivity index (χ4v) is 4.32. The summed E-state index contributed by atoms with van der Waals surface area (Å²) >= 11 is 0. The summed E-state index contributed by atoms with van der Waals surface area (Å²) in [6.45, 7) is 5.06. The van der Waals surface area contributed by atoms with Crippen LogP contribution in [-0.2, 0) is 0 Å². The van der Waals surface area contributed by atoms with E-state index in [0.717, 1.165) is 34.5 Å². The predicted octanol–water partition coefficient (Wildman–Crippen LogP) is 2.77. The zero-order valence-corrected chi connectivity index (χ0v) is 14.3. The first-order valence-corrected chi connectivity index (χ1v) is 9.00. The van der Waals surface area contributed by atoms with Crippen LogP contribution in [0, 0.1) is 5.92 Å². The van der Waals surface area contributed by atoms with E-state index in [4.69, 9.17) is 9.47 Å². The summed E-state index contributed by atoms with van der Waals surface area (Å²) in [5.74, 6) is 3.02. The van der Waals surface area contributed by atoms with Crippen molar-refractivity contribution in [1.29, 1.82) is 0 Å². The molecule has 6 nitrogen and oxygen atoms in total. The van der Waals surface area contributed by atoms with Gasteiger partial charge in [0.05, 0.1) is 0 Å². The van der Waals surface area contributed by atoms with Crippen LogP contribution >= 0.6 is 0 Å². The first kappa shape index (κ1) is 15.0. The Hall–Kier alpha value is -2.34. The first-order chi connectivity index (χ1) is 12.3. The number of rotatable bonds is 3. The second kappa shape index (κ2) is 5.88. The van der Waals surface area contributed by atoms with Crippen molar-refractivity contribution in [3.63, 3.8) is 0 Å². The monoisotopic (exact) mass is 338 g/mol. The molecule has 3 saturated heterocycles. The van der Waals surface area contributed by atoms with Gasteiger partial charge in [-0.15, -0.1) is 0 Å². The number of nitrogens with one attached hydrogen (secondary N) is 1. The van der Waals surface area contributed by atoms with Crippen LogP contribution in [-0.4, -0.2) is 46.8 Å². The quantitative estimate of drug-likeness (QED) is 0.929. The number of fused-ring (bicyclic) bond motifs is 4. The molecule has 0 spiro atoms. The molecule has 25 heavy (non-hydrogen) atoms. The number of nitrogens with zero attached hydrogens (tertiary/aromatic N) is 3. The second-order valence-electron chi connectivity index (χ2n) is 7.15. The highest BCUT2D eigenvalue weighted by Crippen LogP contribution is 2.36. The van der Waals surface area contributed by atoms with Crippen molar-refractivity contribution in [1.82, 2.24) is 14.9 Å². The van der Waals surface area contributed by atoms with Crippen LogP contribution in [0.15, 0.2) is 30.6 Å². The van der Waals surface area contributed by atoms with Crippen LogP contribution in [0.3, 0.4) is 0 Å². The Labute approximate surface area is 147 Å². The molecule has 0 amide bonds. The van der Waals surface area contributed by atoms with E-state index in [1.807, 2.05) is 30.6 Å². The number of aromatic nitrogens is 2. The first-order valence-electron chi connectivity index (χ1n) is 9.00. The Kier molecular flexibility index (Phi) is 3.52. The third-order valence-electron chi connectivity index (χ3n) is 5.83. The van der Waals surface area contributed by atoms with Gasteiger partial charge in [-0.05, 0) is 56.5 Å². The lowest BCUT2D eigenvalue weighted by Gasteiger charge is -2.49. The summed E-state index contributed by atoms with van der Waals surface area (Å²) in [6.07, 6.45) is 6.30. The van der Waals surface area contributed by atoms with Crippen LogP contribution in [0.25, 0.3) is 11.1 Å². The van der Waals surface area contributed by atoms with Crippen molar-refractivity contribution in [2.45, 2.75) is 31.8 Å². The minimum atomic E-state index is 0.288. The van der Waals surface area contributed by atoms with E-state index in [-0.39, 0.29) is 6.79 Å². The molecule has 6 heteroatoms. The van der Waals surface area contributed by atoms with Crippen molar-refractivity contribution in [2.24, 2.45) is 5.92 Å². The fraction of sp³-hybridized carbons (Fsp3) is 0.474. The molecular formula is C19H22N4O2. The minimum Gasteiger partial charge on any atom is -0.454 e. The van der Waals surface area contributed by atoms with E-state index in [0.29, 0.717) is 12.1 Å². The minimum absolute atomic E-state index is 0.288. The number of hydrogen-bond donors (Lipinski definition) is 1. The van der Waals surface area contributed by atoms with Gasteiger partial charge in [-0.1, -0.05) is 6.07 Å². The van der Waals surface area contributed by atoms with Gasteiger partial charge in [-0.3, -0.25) is 4.90 Å². The molecular weight excluding hydrogens is 316 g/mol. The molecule has 4 aliphatic heterocycles. The van der Waals surface area contributed by atoms with E-state index in [1.54, 1.807) is 0 Å². The standard InChI is InChI=1S/C19H22N4O2/c1-12-18(13-4-6-23(12)7-5-13)22-19-20-9-15(10-21-19)14-2-3-16-17(8-14)25-11-24-16/h2-3,8-10,12-13,18H,4-7,11H2,1H3,(H,20,21,22)/t12-,18-/m1/s1. The smallest absolute Gasteiger partial charge is 0.231 e. The third kappa shape index (κ3) is 2.61. The molecule has 130 valence electrons. The van der Waals surface area contributed by atoms with Crippen molar-refractivity contribution >= 4 is 5.95 Å². The molecule has 2 bridgehead atoms. The van der Waals surface area contributed by atoms with Crippen LogP contribution < -0.4 is 14.8 Å². The van der Waals surface area contributed by atoms with Crippen LogP contribution in [0.1, 0.15) is 19.8 Å². The molecule has 1 aromatic heterocycles. The summed E-state index contributed by atoms with van der Waals surface area (Å²) in [7, 11) is 0. The summed E-state index contributed by atoms with van der Waals surface area (Å²) < 4.78 is 10.8. The SMILES string of the molecule is C[C@@H]1[C@@H](Nc2ncc(-c3ccc4c(c3)OCO4)cn2)C2CCN1CC2. The molecule has 6 rings (SSSR count). The highest BCUT2D eigenvalue weighted by atomic mass is 16.7. The molecule has 0 aliphatic carbocycles. The normalized spacial score (nSPS) is 29.6. The molecule has 0 unspecified atom stereocenters. The fourth-order valence-electron chi connectivity index (χ4n) is 4.32. The van der Waals surface area contributed by atoms with Gasteiger partial charge >= 0.3 is 0 Å². The summed E-state index contributed by atoms with van der Waals surface area (Å²) in [6, 6.07) is 6.90. The van der Waals surface area contributed by atoms with Crippen molar-refractivity contribution in [3.8, 4) is 22.6 Å². The molecule has 4 aliphatic rings. The van der Waals surface area contributed by atoms with Crippen LogP contribution in [0.4, 0.5) is 5.95 Å². The van der Waals surface area contributed by atoms with E-state index >= 15 is 0 Å². The van der Waals surface area contributed by atoms with Crippen LogP contribution in [0.2, 0.25) is 0 Å². The van der Waals surface area contributed by atoms with E-state index in [9.17, 15) is 0 Å². The van der Waals surface area contributed by atoms with Gasteiger partial charge in [0, 0.05) is 30.0 Å². The van der Waals surface area contributed by atoms with Gasteiger partial charge < -0.3 is 14.8 Å². The molecule has 2 aromatic rings. The Morgan fingerprint density at radius 3 is 2.56 bits per heavy atom. The van der Waals surface area contributed by atoms with Gasteiger partial charge in [0.2, 0.25) is 12.7 Å². The van der Waals surface area contributed by atoms with Crippen LogP contribution in [0.5, 0.6) is 11.5 Å². The second-order valence-corrected chi connectivity index (χ2v) is 7.15. The molecule has 2 atom stereocenters. The van der Waals surface area contributed by atoms with Gasteiger partial charge in [0.15, 0.2) is 11.5 Å². The zero-order valence-electron chi connectivity index (χ0n) is 14.3. The Morgan fingerprint density at radius 2 is 1.80 bits per heavy atom. The van der Waals surface area contributed by atoms with E-state index in [1.165, 1.54) is 25.9 Å². The average Bonchev–Trinajstić information content (AvgIpc) is 3.13. The van der Waals surface area contributed by atoms with Gasteiger partial charge in [-0.25, -0.2) is 9.97 Å². The van der Waals surface area contributed by atoms with Crippen molar-refractivity contribution < 1.29 is 9.47 Å². The predicted molar refractivity (Wildman–Crippen MR) is 94.8 cm³/mol. The molecule has 0 saturated carbocycles. The van der Waals surface area contributed by atoms with Gasteiger partial charge in [0.25, 0.3) is 0 Å². The average molecular weight is 338 g/mol. The summed E-state index contributed by atoms with van der Waals surface area (Å²) in [5.41, 5.74) is 2.01. The number of ether oxygens (including phenoxy) is 2. The molecule has 5 heterocycles. The summed E-state index contributed by atoms with van der Waals surface area (Å²) in [4.78, 5) is 11.7. The number of anilines is 1. The Morgan fingerprint density at radius 1 is 1.04 bits per heavy atom. The topological polar surface area (TPSA) is 59.5 Å². The zero-order chi connectivity index (χ0) is 16.8. The number of hydrogen-bond acceptors (Lipinski definition) is 6. The number of piperidine rings is 3. The maximum atomic E-state index is 5.44. The maximum absolute atomic E-state index is 5.44. The Bertz CT molecular complexity index is 769. The van der Waals surface area contributed by atoms with Gasteiger partial charge in [0.1, 0.15) is 0 Å². The van der Waals surface area contributed by atoms with Crippen molar-refractivity contribution in [2.75, 3.05) is 25.2 Å².